The highest BCUT2D eigenvalue weighted by molar-refractivity contribution is 7.22. The fourth-order valence-electron chi connectivity index (χ4n) is 3.07. The molecule has 0 aliphatic carbocycles. The standard InChI is InChI=1S/C22H27N3O3S/c1-24(2)12-5-13-25(21(26)14-16-6-8-17(27-3)9-7-16)22-23-19-11-10-18(28-4)15-20(19)29-22/h6-11,15H,5,12-14H2,1-4H3/p+1. The van der Waals surface area contributed by atoms with Gasteiger partial charge in [0.2, 0.25) is 5.91 Å². The smallest absolute Gasteiger partial charge is 0.233 e. The number of hydrogen-bond acceptors (Lipinski definition) is 5. The van der Waals surface area contributed by atoms with Gasteiger partial charge in [0, 0.05) is 13.0 Å². The van der Waals surface area contributed by atoms with Crippen molar-refractivity contribution in [2.24, 2.45) is 0 Å². The summed E-state index contributed by atoms with van der Waals surface area (Å²) in [5, 5.41) is 0.737. The molecule has 0 unspecified atom stereocenters. The molecule has 0 spiro atoms. The minimum atomic E-state index is 0.0509. The maximum Gasteiger partial charge on any atom is 0.233 e. The van der Waals surface area contributed by atoms with Gasteiger partial charge in [0.15, 0.2) is 5.13 Å². The summed E-state index contributed by atoms with van der Waals surface area (Å²) in [6.07, 6.45) is 1.24. The molecule has 0 radical (unpaired) electrons. The third kappa shape index (κ3) is 5.46. The van der Waals surface area contributed by atoms with Crippen LogP contribution in [0.3, 0.4) is 0 Å². The third-order valence-corrected chi connectivity index (χ3v) is 5.73. The molecule has 3 aromatic rings. The molecule has 0 atom stereocenters. The Labute approximate surface area is 175 Å². The molecule has 2 aromatic carbocycles. The van der Waals surface area contributed by atoms with Crippen LogP contribution in [-0.4, -0.2) is 52.3 Å². The summed E-state index contributed by atoms with van der Waals surface area (Å²) < 4.78 is 11.5. The number of quaternary nitrogens is 1. The predicted molar refractivity (Wildman–Crippen MR) is 118 cm³/mol. The first kappa shape index (κ1) is 21.1. The van der Waals surface area contributed by atoms with Crippen LogP contribution in [0.5, 0.6) is 11.5 Å². The van der Waals surface area contributed by atoms with E-state index >= 15 is 0 Å². The molecule has 0 aliphatic heterocycles. The molecule has 1 N–H and O–H groups in total. The average Bonchev–Trinajstić information content (AvgIpc) is 3.14. The quantitative estimate of drug-likeness (QED) is 0.584. The van der Waals surface area contributed by atoms with Gasteiger partial charge in [-0.05, 0) is 35.9 Å². The molecule has 3 rings (SSSR count). The van der Waals surface area contributed by atoms with E-state index in [1.165, 1.54) is 16.2 Å². The number of nitrogens with zero attached hydrogens (tertiary/aromatic N) is 2. The molecule has 29 heavy (non-hydrogen) atoms. The van der Waals surface area contributed by atoms with E-state index in [4.69, 9.17) is 14.5 Å². The van der Waals surface area contributed by atoms with E-state index in [1.54, 1.807) is 14.2 Å². The Hall–Kier alpha value is -2.64. The zero-order chi connectivity index (χ0) is 20.8. The van der Waals surface area contributed by atoms with Gasteiger partial charge in [0.05, 0.1) is 51.5 Å². The van der Waals surface area contributed by atoms with Crippen molar-refractivity contribution in [2.45, 2.75) is 12.8 Å². The molecule has 154 valence electrons. The zero-order valence-corrected chi connectivity index (χ0v) is 18.2. The average molecular weight is 415 g/mol. The van der Waals surface area contributed by atoms with Crippen LogP contribution in [0.25, 0.3) is 10.2 Å². The Balaban J connectivity index is 1.83. The van der Waals surface area contributed by atoms with Gasteiger partial charge in [-0.2, -0.15) is 0 Å². The summed E-state index contributed by atoms with van der Waals surface area (Å²) >= 11 is 1.53. The first-order chi connectivity index (χ1) is 14.0. The topological polar surface area (TPSA) is 56.1 Å². The molecule has 6 nitrogen and oxygen atoms in total. The second-order valence-electron chi connectivity index (χ2n) is 7.21. The molecular weight excluding hydrogens is 386 g/mol. The Bertz CT molecular complexity index is 954. The Kier molecular flexibility index (Phi) is 7.06. The number of fused-ring (bicyclic) bond motifs is 1. The van der Waals surface area contributed by atoms with Crippen LogP contribution < -0.4 is 19.3 Å². The van der Waals surface area contributed by atoms with E-state index < -0.39 is 0 Å². The van der Waals surface area contributed by atoms with Crippen molar-refractivity contribution in [2.75, 3.05) is 46.3 Å². The normalized spacial score (nSPS) is 11.1. The number of benzene rings is 2. The first-order valence-electron chi connectivity index (χ1n) is 9.67. The number of nitrogens with one attached hydrogen (secondary N) is 1. The summed E-state index contributed by atoms with van der Waals surface area (Å²) in [5.74, 6) is 1.63. The lowest BCUT2D eigenvalue weighted by Gasteiger charge is -2.20. The molecule has 7 heteroatoms. The van der Waals surface area contributed by atoms with E-state index in [0.717, 1.165) is 45.4 Å². The van der Waals surface area contributed by atoms with Crippen LogP contribution in [0.15, 0.2) is 42.5 Å². The summed E-state index contributed by atoms with van der Waals surface area (Å²) in [6.45, 7) is 1.64. The van der Waals surface area contributed by atoms with Crippen LogP contribution >= 0.6 is 11.3 Å². The van der Waals surface area contributed by atoms with E-state index in [-0.39, 0.29) is 5.91 Å². The van der Waals surface area contributed by atoms with Gasteiger partial charge in [0.1, 0.15) is 11.5 Å². The highest BCUT2D eigenvalue weighted by atomic mass is 32.1. The van der Waals surface area contributed by atoms with Crippen molar-refractivity contribution >= 4 is 32.6 Å². The lowest BCUT2D eigenvalue weighted by atomic mass is 10.1. The van der Waals surface area contributed by atoms with E-state index in [1.807, 2.05) is 47.4 Å². The van der Waals surface area contributed by atoms with Crippen molar-refractivity contribution in [1.82, 2.24) is 4.98 Å². The van der Waals surface area contributed by atoms with Gasteiger partial charge in [-0.3, -0.25) is 9.69 Å². The van der Waals surface area contributed by atoms with Gasteiger partial charge in [-0.25, -0.2) is 4.98 Å². The number of amides is 1. The fraction of sp³-hybridized carbons (Fsp3) is 0.364. The Morgan fingerprint density at radius 3 is 2.41 bits per heavy atom. The zero-order valence-electron chi connectivity index (χ0n) is 17.4. The maximum atomic E-state index is 13.2. The lowest BCUT2D eigenvalue weighted by molar-refractivity contribution is -0.858. The number of carbonyl (C=O) groups excluding carboxylic acids is 1. The molecule has 0 fully saturated rings. The van der Waals surface area contributed by atoms with Gasteiger partial charge < -0.3 is 14.4 Å². The number of ether oxygens (including phenoxy) is 2. The maximum absolute atomic E-state index is 13.2. The first-order valence-corrected chi connectivity index (χ1v) is 10.5. The number of hydrogen-bond donors (Lipinski definition) is 1. The van der Waals surface area contributed by atoms with Crippen LogP contribution in [0, 0.1) is 0 Å². The van der Waals surface area contributed by atoms with Crippen molar-refractivity contribution in [3.63, 3.8) is 0 Å². The van der Waals surface area contributed by atoms with Crippen LogP contribution in [-0.2, 0) is 11.2 Å². The third-order valence-electron chi connectivity index (χ3n) is 4.69. The number of methoxy groups -OCH3 is 2. The Morgan fingerprint density at radius 1 is 1.07 bits per heavy atom. The minimum absolute atomic E-state index is 0.0509. The Morgan fingerprint density at radius 2 is 1.76 bits per heavy atom. The van der Waals surface area contributed by atoms with Crippen LogP contribution in [0.4, 0.5) is 5.13 Å². The number of anilines is 1. The highest BCUT2D eigenvalue weighted by Crippen LogP contribution is 2.32. The fourth-order valence-corrected chi connectivity index (χ4v) is 4.10. The van der Waals surface area contributed by atoms with Gasteiger partial charge in [0.25, 0.3) is 0 Å². The number of aromatic nitrogens is 1. The summed E-state index contributed by atoms with van der Waals surface area (Å²) in [7, 11) is 7.52. The van der Waals surface area contributed by atoms with E-state index in [9.17, 15) is 4.79 Å². The molecule has 0 aliphatic rings. The SMILES string of the molecule is COc1ccc(CC(=O)N(CCC[NH+](C)C)c2nc3ccc(OC)cc3s2)cc1. The molecular formula is C22H28N3O3S+. The molecule has 1 amide bonds. The number of thiazole rings is 1. The minimum Gasteiger partial charge on any atom is -0.497 e. The summed E-state index contributed by atoms with van der Waals surface area (Å²) in [5.41, 5.74) is 1.84. The second kappa shape index (κ2) is 9.71. The molecule has 0 saturated heterocycles. The summed E-state index contributed by atoms with van der Waals surface area (Å²) in [4.78, 5) is 21.1. The van der Waals surface area contributed by atoms with Crippen LogP contribution in [0.1, 0.15) is 12.0 Å². The molecule has 1 aromatic heterocycles. The van der Waals surface area contributed by atoms with Gasteiger partial charge >= 0.3 is 0 Å². The molecule has 0 saturated carbocycles. The predicted octanol–water partition coefficient (Wildman–Crippen LogP) is 2.42. The van der Waals surface area contributed by atoms with Crippen molar-refractivity contribution < 1.29 is 19.2 Å². The molecule has 1 heterocycles. The monoisotopic (exact) mass is 414 g/mol. The van der Waals surface area contributed by atoms with Crippen LogP contribution in [0.2, 0.25) is 0 Å². The van der Waals surface area contributed by atoms with Gasteiger partial charge in [-0.1, -0.05) is 23.5 Å². The number of carbonyl (C=O) groups is 1. The van der Waals surface area contributed by atoms with Crippen molar-refractivity contribution in [3.05, 3.63) is 48.0 Å². The van der Waals surface area contributed by atoms with E-state index in [0.29, 0.717) is 13.0 Å². The van der Waals surface area contributed by atoms with Gasteiger partial charge in [-0.15, -0.1) is 0 Å². The number of rotatable bonds is 9. The highest BCUT2D eigenvalue weighted by Gasteiger charge is 2.20. The van der Waals surface area contributed by atoms with E-state index in [2.05, 4.69) is 14.1 Å². The van der Waals surface area contributed by atoms with Crippen molar-refractivity contribution in [1.29, 1.82) is 0 Å². The summed E-state index contributed by atoms with van der Waals surface area (Å²) in [6, 6.07) is 13.4. The second-order valence-corrected chi connectivity index (χ2v) is 8.22. The van der Waals surface area contributed by atoms with Crippen molar-refractivity contribution in [3.8, 4) is 11.5 Å². The largest absolute Gasteiger partial charge is 0.497 e. The molecule has 0 bridgehead atoms. The lowest BCUT2D eigenvalue weighted by Crippen LogP contribution is -3.05.